The number of ether oxygens (including phenoxy) is 1. The Balaban J connectivity index is 2.21. The lowest BCUT2D eigenvalue weighted by Crippen LogP contribution is -2.45. The Morgan fingerprint density at radius 3 is 2.48 bits per heavy atom. The Morgan fingerprint density at radius 2 is 1.86 bits per heavy atom. The van der Waals surface area contributed by atoms with Crippen LogP contribution in [0.15, 0.2) is 36.4 Å². The van der Waals surface area contributed by atoms with Crippen molar-refractivity contribution in [3.05, 3.63) is 41.3 Å². The number of hydrazine groups is 1. The summed E-state index contributed by atoms with van der Waals surface area (Å²) < 4.78 is 5.22. The molecule has 0 aliphatic heterocycles. The van der Waals surface area contributed by atoms with Crippen molar-refractivity contribution in [2.24, 2.45) is 0 Å². The lowest BCUT2D eigenvalue weighted by molar-refractivity contribution is 0.0938. The summed E-state index contributed by atoms with van der Waals surface area (Å²) in [5.41, 5.74) is 5.55. The normalized spacial score (nSPS) is 9.81. The Labute approximate surface area is 126 Å². The second-order valence-corrected chi connectivity index (χ2v) is 5.08. The van der Waals surface area contributed by atoms with E-state index in [1.165, 1.54) is 25.5 Å². The average molecular weight is 305 g/mol. The highest BCUT2D eigenvalue weighted by Crippen LogP contribution is 2.35. The zero-order valence-electron chi connectivity index (χ0n) is 11.6. The number of urea groups is 1. The fraction of sp³-hybridized carbons (Fsp3) is 0.143. The Hall–Kier alpha value is -2.54. The number of methoxy groups -OCH3 is 1. The van der Waals surface area contributed by atoms with Crippen molar-refractivity contribution >= 4 is 23.3 Å². The molecule has 0 aliphatic carbocycles. The van der Waals surface area contributed by atoms with Crippen LogP contribution in [0.4, 0.5) is 4.79 Å². The molecule has 1 heterocycles. The molecule has 0 atom stereocenters. The van der Waals surface area contributed by atoms with E-state index in [2.05, 4.69) is 16.2 Å². The zero-order valence-corrected chi connectivity index (χ0v) is 12.4. The third-order valence-corrected chi connectivity index (χ3v) is 3.86. The molecule has 0 bridgehead atoms. The van der Waals surface area contributed by atoms with Gasteiger partial charge in [0.15, 0.2) is 0 Å². The molecule has 7 heteroatoms. The maximum absolute atomic E-state index is 12.1. The van der Waals surface area contributed by atoms with E-state index in [-0.39, 0.29) is 0 Å². The number of thiophene rings is 1. The van der Waals surface area contributed by atoms with E-state index in [0.717, 1.165) is 10.4 Å². The van der Waals surface area contributed by atoms with Gasteiger partial charge < -0.3 is 10.1 Å². The minimum absolute atomic E-state index is 0.396. The van der Waals surface area contributed by atoms with E-state index in [9.17, 15) is 9.59 Å². The van der Waals surface area contributed by atoms with Crippen LogP contribution in [0.3, 0.4) is 0 Å². The number of carbonyl (C=O) groups excluding carboxylic acids is 2. The summed E-state index contributed by atoms with van der Waals surface area (Å²) in [7, 11) is 2.96. The number of nitrogens with one attached hydrogen (secondary N) is 3. The zero-order chi connectivity index (χ0) is 15.2. The molecule has 0 aliphatic rings. The number of amides is 3. The first-order valence-corrected chi connectivity index (χ1v) is 6.98. The van der Waals surface area contributed by atoms with Crippen LogP contribution in [0.2, 0.25) is 0 Å². The Morgan fingerprint density at radius 1 is 1.14 bits per heavy atom. The van der Waals surface area contributed by atoms with E-state index >= 15 is 0 Å². The van der Waals surface area contributed by atoms with Gasteiger partial charge in [-0.3, -0.25) is 10.2 Å². The molecule has 0 spiro atoms. The molecule has 1 aromatic heterocycles. The lowest BCUT2D eigenvalue weighted by atomic mass is 10.2. The van der Waals surface area contributed by atoms with Crippen molar-refractivity contribution in [2.75, 3.05) is 14.2 Å². The standard InChI is InChI=1S/C14H15N3O3S/c1-15-14(19)17-16-13(18)12-10(20-2)8-11(21-12)9-6-4-3-5-7-9/h3-8H,1-2H3,(H,16,18)(H2,15,17,19). The molecule has 0 unspecified atom stereocenters. The molecule has 1 aromatic carbocycles. The van der Waals surface area contributed by atoms with Gasteiger partial charge in [0.25, 0.3) is 5.91 Å². The lowest BCUT2D eigenvalue weighted by Gasteiger charge is -2.06. The second kappa shape index (κ2) is 6.76. The molecule has 110 valence electrons. The van der Waals surface area contributed by atoms with Gasteiger partial charge in [0.1, 0.15) is 10.6 Å². The largest absolute Gasteiger partial charge is 0.495 e. The van der Waals surface area contributed by atoms with Crippen LogP contribution in [0.1, 0.15) is 9.67 Å². The van der Waals surface area contributed by atoms with Crippen LogP contribution in [-0.2, 0) is 0 Å². The van der Waals surface area contributed by atoms with Crippen molar-refractivity contribution in [3.63, 3.8) is 0 Å². The molecule has 6 nitrogen and oxygen atoms in total. The Kier molecular flexibility index (Phi) is 4.78. The molecule has 0 fully saturated rings. The highest BCUT2D eigenvalue weighted by atomic mass is 32.1. The predicted octanol–water partition coefficient (Wildman–Crippen LogP) is 2.00. The van der Waals surface area contributed by atoms with Crippen LogP contribution in [0.5, 0.6) is 5.75 Å². The van der Waals surface area contributed by atoms with E-state index < -0.39 is 11.9 Å². The van der Waals surface area contributed by atoms with Gasteiger partial charge in [-0.15, -0.1) is 11.3 Å². The number of hydrogen-bond donors (Lipinski definition) is 3. The third-order valence-electron chi connectivity index (χ3n) is 2.70. The summed E-state index contributed by atoms with van der Waals surface area (Å²) in [6, 6.07) is 11.0. The van der Waals surface area contributed by atoms with Crippen LogP contribution in [0.25, 0.3) is 10.4 Å². The van der Waals surface area contributed by atoms with Crippen LogP contribution >= 0.6 is 11.3 Å². The van der Waals surface area contributed by atoms with Gasteiger partial charge in [0, 0.05) is 11.9 Å². The molecule has 2 aromatic rings. The van der Waals surface area contributed by atoms with E-state index in [4.69, 9.17) is 4.74 Å². The van der Waals surface area contributed by atoms with Gasteiger partial charge >= 0.3 is 6.03 Å². The van der Waals surface area contributed by atoms with Crippen molar-refractivity contribution in [2.45, 2.75) is 0 Å². The third kappa shape index (κ3) is 3.51. The molecule has 0 saturated heterocycles. The molecule has 2 rings (SSSR count). The highest BCUT2D eigenvalue weighted by Gasteiger charge is 2.18. The number of carbonyl (C=O) groups is 2. The molecule has 3 amide bonds. The van der Waals surface area contributed by atoms with Crippen molar-refractivity contribution < 1.29 is 14.3 Å². The predicted molar refractivity (Wildman–Crippen MR) is 81.4 cm³/mol. The SMILES string of the molecule is CNC(=O)NNC(=O)c1sc(-c2ccccc2)cc1OC. The van der Waals surface area contributed by atoms with Crippen molar-refractivity contribution in [1.82, 2.24) is 16.2 Å². The van der Waals surface area contributed by atoms with Gasteiger partial charge in [-0.2, -0.15) is 0 Å². The van der Waals surface area contributed by atoms with E-state index in [0.29, 0.717) is 10.6 Å². The van der Waals surface area contributed by atoms with E-state index in [1.54, 1.807) is 6.07 Å². The first kappa shape index (κ1) is 14.9. The maximum Gasteiger partial charge on any atom is 0.333 e. The smallest absolute Gasteiger partial charge is 0.333 e. The van der Waals surface area contributed by atoms with Gasteiger partial charge in [0.05, 0.1) is 7.11 Å². The number of hydrogen-bond acceptors (Lipinski definition) is 4. The average Bonchev–Trinajstić information content (AvgIpc) is 2.97. The quantitative estimate of drug-likeness (QED) is 0.759. The van der Waals surface area contributed by atoms with Crippen molar-refractivity contribution in [3.8, 4) is 16.2 Å². The number of benzene rings is 1. The van der Waals surface area contributed by atoms with E-state index in [1.807, 2.05) is 30.3 Å². The summed E-state index contributed by atoms with van der Waals surface area (Å²) >= 11 is 1.30. The summed E-state index contributed by atoms with van der Waals surface area (Å²) in [4.78, 5) is 24.4. The summed E-state index contributed by atoms with van der Waals surface area (Å²) in [6.07, 6.45) is 0. The molecule has 21 heavy (non-hydrogen) atoms. The second-order valence-electron chi connectivity index (χ2n) is 4.03. The van der Waals surface area contributed by atoms with Gasteiger partial charge in [-0.25, -0.2) is 10.2 Å². The fourth-order valence-electron chi connectivity index (χ4n) is 1.66. The molecular formula is C14H15N3O3S. The van der Waals surface area contributed by atoms with Gasteiger partial charge in [-0.1, -0.05) is 30.3 Å². The van der Waals surface area contributed by atoms with Crippen LogP contribution in [-0.4, -0.2) is 26.1 Å². The monoisotopic (exact) mass is 305 g/mol. The van der Waals surface area contributed by atoms with Gasteiger partial charge in [0.2, 0.25) is 0 Å². The minimum atomic E-state index is -0.498. The van der Waals surface area contributed by atoms with Crippen LogP contribution < -0.4 is 20.9 Å². The number of rotatable bonds is 3. The fourth-order valence-corrected chi connectivity index (χ4v) is 2.69. The summed E-state index contributed by atoms with van der Waals surface area (Å²) in [6.45, 7) is 0. The Bertz CT molecular complexity index is 640. The topological polar surface area (TPSA) is 79.5 Å². The summed E-state index contributed by atoms with van der Waals surface area (Å²) in [5, 5.41) is 2.34. The first-order chi connectivity index (χ1) is 10.2. The van der Waals surface area contributed by atoms with Crippen LogP contribution in [0, 0.1) is 0 Å². The maximum atomic E-state index is 12.1. The van der Waals surface area contributed by atoms with Gasteiger partial charge in [-0.05, 0) is 11.6 Å². The molecule has 0 radical (unpaired) electrons. The molecular weight excluding hydrogens is 290 g/mol. The summed E-state index contributed by atoms with van der Waals surface area (Å²) in [5.74, 6) is 0.0395. The molecule has 3 N–H and O–H groups in total. The minimum Gasteiger partial charge on any atom is -0.495 e. The molecule has 0 saturated carbocycles. The highest BCUT2D eigenvalue weighted by molar-refractivity contribution is 7.17. The first-order valence-electron chi connectivity index (χ1n) is 6.17. The van der Waals surface area contributed by atoms with Crippen molar-refractivity contribution in [1.29, 1.82) is 0 Å².